The molecule has 7 heteroatoms. The first-order valence-electron chi connectivity index (χ1n) is 10.4. The van der Waals surface area contributed by atoms with E-state index in [1.807, 2.05) is 41.3 Å². The maximum atomic E-state index is 13.0. The first-order chi connectivity index (χ1) is 14.6. The number of amides is 3. The van der Waals surface area contributed by atoms with Gasteiger partial charge in [0.1, 0.15) is 5.75 Å². The van der Waals surface area contributed by atoms with Crippen LogP contribution in [0.4, 0.5) is 10.5 Å². The zero-order valence-corrected chi connectivity index (χ0v) is 17.3. The van der Waals surface area contributed by atoms with Crippen LogP contribution in [0.2, 0.25) is 0 Å². The third-order valence-electron chi connectivity index (χ3n) is 5.72. The number of urea groups is 1. The average molecular weight is 409 g/mol. The topological polar surface area (TPSA) is 65.1 Å². The summed E-state index contributed by atoms with van der Waals surface area (Å²) in [5.74, 6) is 0.918. The summed E-state index contributed by atoms with van der Waals surface area (Å²) >= 11 is 0. The molecule has 2 aromatic rings. The third kappa shape index (κ3) is 4.57. The second-order valence-electron chi connectivity index (χ2n) is 7.70. The third-order valence-corrected chi connectivity index (χ3v) is 5.72. The summed E-state index contributed by atoms with van der Waals surface area (Å²) in [4.78, 5) is 30.8. The number of carbonyl (C=O) groups excluding carboxylic acids is 2. The number of methoxy groups -OCH3 is 1. The molecule has 4 rings (SSSR count). The molecule has 0 saturated carbocycles. The molecule has 3 amide bonds. The van der Waals surface area contributed by atoms with Gasteiger partial charge in [-0.05, 0) is 48.4 Å². The van der Waals surface area contributed by atoms with E-state index in [2.05, 4.69) is 22.3 Å². The molecule has 158 valence electrons. The molecule has 0 aromatic heterocycles. The summed E-state index contributed by atoms with van der Waals surface area (Å²) in [5, 5.41) is 2.79. The second-order valence-corrected chi connectivity index (χ2v) is 7.70. The maximum Gasteiger partial charge on any atom is 0.321 e. The van der Waals surface area contributed by atoms with Crippen molar-refractivity contribution in [3.63, 3.8) is 0 Å². The van der Waals surface area contributed by atoms with Crippen molar-refractivity contribution in [1.82, 2.24) is 15.1 Å². The molecule has 0 radical (unpaired) electrons. The number of rotatable bonds is 5. The minimum Gasteiger partial charge on any atom is -0.497 e. The van der Waals surface area contributed by atoms with Crippen LogP contribution in [0.15, 0.2) is 48.5 Å². The van der Waals surface area contributed by atoms with E-state index in [1.165, 1.54) is 5.56 Å². The van der Waals surface area contributed by atoms with E-state index >= 15 is 0 Å². The fraction of sp³-hybridized carbons (Fsp3) is 0.391. The number of nitrogens with one attached hydrogen (secondary N) is 1. The van der Waals surface area contributed by atoms with Gasteiger partial charge in [0.25, 0.3) is 5.91 Å². The molecular weight excluding hydrogens is 380 g/mol. The predicted molar refractivity (Wildman–Crippen MR) is 116 cm³/mol. The van der Waals surface area contributed by atoms with Gasteiger partial charge in [0, 0.05) is 57.1 Å². The van der Waals surface area contributed by atoms with E-state index < -0.39 is 0 Å². The molecule has 0 aliphatic carbocycles. The van der Waals surface area contributed by atoms with Gasteiger partial charge in [-0.1, -0.05) is 12.1 Å². The monoisotopic (exact) mass is 408 g/mol. The molecule has 2 aliphatic heterocycles. The maximum absolute atomic E-state index is 13.0. The molecule has 30 heavy (non-hydrogen) atoms. The van der Waals surface area contributed by atoms with Crippen molar-refractivity contribution < 1.29 is 14.3 Å². The molecule has 0 unspecified atom stereocenters. The number of nitrogens with zero attached hydrogens (tertiary/aromatic N) is 3. The van der Waals surface area contributed by atoms with Crippen molar-refractivity contribution in [2.24, 2.45) is 0 Å². The van der Waals surface area contributed by atoms with Gasteiger partial charge in [0.15, 0.2) is 0 Å². The molecule has 7 nitrogen and oxygen atoms in total. The number of ether oxygens (including phenoxy) is 1. The van der Waals surface area contributed by atoms with Crippen LogP contribution in [-0.4, -0.2) is 68.1 Å². The number of hydrogen-bond acceptors (Lipinski definition) is 4. The van der Waals surface area contributed by atoms with Crippen LogP contribution in [0.25, 0.3) is 0 Å². The molecular formula is C23H28N4O3. The van der Waals surface area contributed by atoms with Crippen LogP contribution in [0, 0.1) is 0 Å². The van der Waals surface area contributed by atoms with Crippen molar-refractivity contribution in [2.45, 2.75) is 13.0 Å². The molecule has 2 heterocycles. The van der Waals surface area contributed by atoms with E-state index in [-0.39, 0.29) is 11.9 Å². The zero-order chi connectivity index (χ0) is 20.9. The van der Waals surface area contributed by atoms with Gasteiger partial charge in [-0.15, -0.1) is 0 Å². The van der Waals surface area contributed by atoms with E-state index in [0.29, 0.717) is 25.2 Å². The van der Waals surface area contributed by atoms with Gasteiger partial charge in [0.05, 0.1) is 7.11 Å². The molecule has 0 spiro atoms. The summed E-state index contributed by atoms with van der Waals surface area (Å²) in [6, 6.07) is 15.4. The lowest BCUT2D eigenvalue weighted by atomic mass is 10.1. The molecule has 2 saturated heterocycles. The lowest BCUT2D eigenvalue weighted by Crippen LogP contribution is -2.35. The molecule has 2 aliphatic rings. The predicted octanol–water partition coefficient (Wildman–Crippen LogP) is 2.57. The Kier molecular flexibility index (Phi) is 6.18. The Labute approximate surface area is 177 Å². The standard InChI is InChI=1S/C23H28N4O3/c1-30-21-9-3-18(4-10-21)17-25-12-2-13-26(16-15-25)22(28)19-5-7-20(8-6-19)27-14-11-24-23(27)29/h3-10H,2,11-17H2,1H3,(H,24,29). The Balaban J connectivity index is 1.34. The fourth-order valence-corrected chi connectivity index (χ4v) is 4.01. The summed E-state index contributed by atoms with van der Waals surface area (Å²) in [6.07, 6.45) is 0.952. The molecule has 2 aromatic carbocycles. The van der Waals surface area contributed by atoms with Crippen LogP contribution in [0.3, 0.4) is 0 Å². The Hall–Kier alpha value is -3.06. The molecule has 0 atom stereocenters. The van der Waals surface area contributed by atoms with Gasteiger partial charge >= 0.3 is 6.03 Å². The highest BCUT2D eigenvalue weighted by Gasteiger charge is 2.23. The van der Waals surface area contributed by atoms with Crippen molar-refractivity contribution >= 4 is 17.6 Å². The van der Waals surface area contributed by atoms with Gasteiger partial charge in [-0.3, -0.25) is 14.6 Å². The van der Waals surface area contributed by atoms with Gasteiger partial charge in [-0.25, -0.2) is 4.79 Å². The molecule has 0 bridgehead atoms. The highest BCUT2D eigenvalue weighted by atomic mass is 16.5. The Morgan fingerprint density at radius 1 is 0.967 bits per heavy atom. The minimum absolute atomic E-state index is 0.0544. The normalized spacial score (nSPS) is 17.6. The van der Waals surface area contributed by atoms with Gasteiger partial charge < -0.3 is 15.0 Å². The van der Waals surface area contributed by atoms with E-state index in [0.717, 1.165) is 44.0 Å². The smallest absolute Gasteiger partial charge is 0.321 e. The van der Waals surface area contributed by atoms with Gasteiger partial charge in [0.2, 0.25) is 0 Å². The van der Waals surface area contributed by atoms with Crippen LogP contribution in [0.5, 0.6) is 5.75 Å². The fourth-order valence-electron chi connectivity index (χ4n) is 4.01. The van der Waals surface area contributed by atoms with Crippen molar-refractivity contribution in [3.05, 3.63) is 59.7 Å². The number of benzene rings is 2. The molecule has 2 fully saturated rings. The summed E-state index contributed by atoms with van der Waals surface area (Å²) in [5.41, 5.74) is 2.74. The minimum atomic E-state index is -0.0847. The van der Waals surface area contributed by atoms with Gasteiger partial charge in [-0.2, -0.15) is 0 Å². The highest BCUT2D eigenvalue weighted by molar-refractivity contribution is 5.97. The van der Waals surface area contributed by atoms with E-state index in [4.69, 9.17) is 4.74 Å². The molecule has 1 N–H and O–H groups in total. The first-order valence-corrected chi connectivity index (χ1v) is 10.4. The lowest BCUT2D eigenvalue weighted by Gasteiger charge is -2.22. The number of carbonyl (C=O) groups is 2. The number of anilines is 1. The lowest BCUT2D eigenvalue weighted by molar-refractivity contribution is 0.0761. The van der Waals surface area contributed by atoms with Crippen LogP contribution >= 0.6 is 0 Å². The average Bonchev–Trinajstić information content (AvgIpc) is 3.07. The van der Waals surface area contributed by atoms with Crippen molar-refractivity contribution in [2.75, 3.05) is 51.3 Å². The summed E-state index contributed by atoms with van der Waals surface area (Å²) < 4.78 is 5.22. The summed E-state index contributed by atoms with van der Waals surface area (Å²) in [6.45, 7) is 5.48. The van der Waals surface area contributed by atoms with Crippen LogP contribution < -0.4 is 15.0 Å². The SMILES string of the molecule is COc1ccc(CN2CCCN(C(=O)c3ccc(N4CCNC4=O)cc3)CC2)cc1. The highest BCUT2D eigenvalue weighted by Crippen LogP contribution is 2.19. The van der Waals surface area contributed by atoms with Crippen molar-refractivity contribution in [1.29, 1.82) is 0 Å². The first kappa shape index (κ1) is 20.2. The van der Waals surface area contributed by atoms with Crippen molar-refractivity contribution in [3.8, 4) is 5.75 Å². The van der Waals surface area contributed by atoms with Crippen LogP contribution in [-0.2, 0) is 6.54 Å². The second kappa shape index (κ2) is 9.17. The Bertz CT molecular complexity index is 882. The summed E-state index contributed by atoms with van der Waals surface area (Å²) in [7, 11) is 1.67. The Morgan fingerprint density at radius 2 is 1.73 bits per heavy atom. The quantitative estimate of drug-likeness (QED) is 0.826. The van der Waals surface area contributed by atoms with E-state index in [1.54, 1.807) is 12.0 Å². The van der Waals surface area contributed by atoms with E-state index in [9.17, 15) is 9.59 Å². The van der Waals surface area contributed by atoms with Crippen LogP contribution in [0.1, 0.15) is 22.3 Å². The Morgan fingerprint density at radius 3 is 2.40 bits per heavy atom. The largest absolute Gasteiger partial charge is 0.497 e. The number of hydrogen-bond donors (Lipinski definition) is 1. The zero-order valence-electron chi connectivity index (χ0n) is 17.3.